The maximum absolute atomic E-state index is 12.4. The van der Waals surface area contributed by atoms with Gasteiger partial charge in [-0.15, -0.1) is 11.3 Å². The molecule has 158 valence electrons. The van der Waals surface area contributed by atoms with E-state index in [1.807, 2.05) is 29.6 Å². The van der Waals surface area contributed by atoms with Crippen LogP contribution in [-0.2, 0) is 11.2 Å². The summed E-state index contributed by atoms with van der Waals surface area (Å²) in [4.78, 5) is 27.8. The Morgan fingerprint density at radius 1 is 1.13 bits per heavy atom. The van der Waals surface area contributed by atoms with E-state index in [1.165, 1.54) is 36.2 Å². The Balaban J connectivity index is 1.35. The van der Waals surface area contributed by atoms with Gasteiger partial charge >= 0.3 is 0 Å². The second-order valence-corrected chi connectivity index (χ2v) is 7.69. The first-order valence-electron chi connectivity index (χ1n) is 9.70. The van der Waals surface area contributed by atoms with E-state index < -0.39 is 5.91 Å². The van der Waals surface area contributed by atoms with Gasteiger partial charge in [0.05, 0.1) is 12.0 Å². The predicted octanol–water partition coefficient (Wildman–Crippen LogP) is 4.38. The Kier molecular flexibility index (Phi) is 6.23. The van der Waals surface area contributed by atoms with E-state index in [-0.39, 0.29) is 11.6 Å². The summed E-state index contributed by atoms with van der Waals surface area (Å²) in [5.74, 6) is 0.467. The first-order chi connectivity index (χ1) is 15.1. The number of hydrogen-bond acceptors (Lipinski definition) is 7. The zero-order valence-electron chi connectivity index (χ0n) is 16.8. The number of hydrogen-bond donors (Lipinski definition) is 2. The van der Waals surface area contributed by atoms with Crippen molar-refractivity contribution in [1.29, 1.82) is 0 Å². The zero-order chi connectivity index (χ0) is 21.6. The number of nitrogens with zero attached hydrogens (tertiary/aromatic N) is 2. The number of furan rings is 1. The lowest BCUT2D eigenvalue weighted by Gasteiger charge is -2.04. The molecule has 0 spiro atoms. The lowest BCUT2D eigenvalue weighted by atomic mass is 10.1. The molecule has 0 saturated heterocycles. The second kappa shape index (κ2) is 9.40. The molecule has 3 heterocycles. The highest BCUT2D eigenvalue weighted by Crippen LogP contribution is 2.26. The minimum absolute atomic E-state index is 0.0108. The van der Waals surface area contributed by atoms with Gasteiger partial charge < -0.3 is 14.3 Å². The largest absolute Gasteiger partial charge is 0.461 e. The topological polar surface area (TPSA) is 110 Å². The molecule has 4 aromatic rings. The average Bonchev–Trinajstić information content (AvgIpc) is 3.53. The number of rotatable bonds is 8. The van der Waals surface area contributed by atoms with Crippen molar-refractivity contribution in [3.8, 4) is 22.8 Å². The zero-order valence-corrected chi connectivity index (χ0v) is 17.6. The van der Waals surface area contributed by atoms with Crippen molar-refractivity contribution in [3.63, 3.8) is 0 Å². The summed E-state index contributed by atoms with van der Waals surface area (Å²) in [5, 5.41) is 11.7. The molecule has 8 nitrogen and oxygen atoms in total. The monoisotopic (exact) mass is 436 g/mol. The van der Waals surface area contributed by atoms with Crippen LogP contribution in [0.15, 0.2) is 63.0 Å². The number of anilines is 1. The van der Waals surface area contributed by atoms with Gasteiger partial charge in [0.15, 0.2) is 16.6 Å². The van der Waals surface area contributed by atoms with Gasteiger partial charge in [0.25, 0.3) is 5.91 Å². The van der Waals surface area contributed by atoms with Crippen LogP contribution in [0.3, 0.4) is 0 Å². The molecule has 2 N–H and O–H groups in total. The number of carbonyl (C=O) groups is 2. The van der Waals surface area contributed by atoms with Gasteiger partial charge in [-0.2, -0.15) is 0 Å². The molecule has 0 unspecified atom stereocenters. The van der Waals surface area contributed by atoms with Crippen LogP contribution in [-0.4, -0.2) is 28.5 Å². The Morgan fingerprint density at radius 3 is 2.71 bits per heavy atom. The van der Waals surface area contributed by atoms with E-state index >= 15 is 0 Å². The number of aromatic nitrogens is 2. The van der Waals surface area contributed by atoms with Crippen molar-refractivity contribution < 1.29 is 18.5 Å². The fourth-order valence-electron chi connectivity index (χ4n) is 2.94. The molecule has 9 heteroatoms. The first-order valence-corrected chi connectivity index (χ1v) is 10.6. The lowest BCUT2D eigenvalue weighted by Crippen LogP contribution is -2.21. The van der Waals surface area contributed by atoms with E-state index in [2.05, 4.69) is 20.8 Å². The van der Waals surface area contributed by atoms with Crippen molar-refractivity contribution in [1.82, 2.24) is 15.5 Å². The van der Waals surface area contributed by atoms with E-state index in [4.69, 9.17) is 8.94 Å². The van der Waals surface area contributed by atoms with Crippen LogP contribution in [0.2, 0.25) is 0 Å². The molecule has 31 heavy (non-hydrogen) atoms. The number of thiazole rings is 1. The van der Waals surface area contributed by atoms with Gasteiger partial charge in [-0.1, -0.05) is 29.4 Å². The maximum Gasteiger partial charge on any atom is 0.279 e. The van der Waals surface area contributed by atoms with Crippen LogP contribution in [0, 0.1) is 0 Å². The molecule has 0 aliphatic heterocycles. The SMILES string of the molecule is CC(=O)NCCCc1ccc(-c2csc(NC(=O)c3cc(-c4ccco4)on3)n2)cc1. The molecule has 0 saturated carbocycles. The van der Waals surface area contributed by atoms with E-state index in [0.29, 0.717) is 23.2 Å². The van der Waals surface area contributed by atoms with E-state index in [0.717, 1.165) is 24.1 Å². The summed E-state index contributed by atoms with van der Waals surface area (Å²) in [6, 6.07) is 13.1. The molecule has 0 bridgehead atoms. The molecule has 0 aliphatic carbocycles. The number of amides is 2. The fraction of sp³-hybridized carbons (Fsp3) is 0.182. The van der Waals surface area contributed by atoms with Crippen molar-refractivity contribution in [2.75, 3.05) is 11.9 Å². The first kappa shape index (κ1) is 20.5. The minimum Gasteiger partial charge on any atom is -0.461 e. The summed E-state index contributed by atoms with van der Waals surface area (Å²) in [6.45, 7) is 2.18. The van der Waals surface area contributed by atoms with Crippen LogP contribution in [0.1, 0.15) is 29.4 Å². The quantitative estimate of drug-likeness (QED) is 0.397. The summed E-state index contributed by atoms with van der Waals surface area (Å²) in [6.07, 6.45) is 3.29. The van der Waals surface area contributed by atoms with Gasteiger partial charge in [0.1, 0.15) is 0 Å². The number of carbonyl (C=O) groups excluding carboxylic acids is 2. The Labute approximate surface area is 182 Å². The lowest BCUT2D eigenvalue weighted by molar-refractivity contribution is -0.118. The van der Waals surface area contributed by atoms with E-state index in [9.17, 15) is 9.59 Å². The molecule has 0 fully saturated rings. The summed E-state index contributed by atoms with van der Waals surface area (Å²) >= 11 is 1.34. The predicted molar refractivity (Wildman–Crippen MR) is 117 cm³/mol. The molecule has 1 aromatic carbocycles. The fourth-order valence-corrected chi connectivity index (χ4v) is 3.66. The van der Waals surface area contributed by atoms with Gasteiger partial charge in [0.2, 0.25) is 11.7 Å². The standard InChI is InChI=1S/C22H20N4O4S/c1-14(27)23-10-2-4-15-6-8-16(9-7-15)18-13-31-22(24-18)25-21(28)17-12-20(30-26-17)19-5-3-11-29-19/h3,5-9,11-13H,2,4,10H2,1H3,(H,23,27)(H,24,25,28). The Bertz CT molecular complexity index is 1160. The van der Waals surface area contributed by atoms with Crippen molar-refractivity contribution in [2.45, 2.75) is 19.8 Å². The molecule has 3 aromatic heterocycles. The maximum atomic E-state index is 12.4. The van der Waals surface area contributed by atoms with Crippen LogP contribution < -0.4 is 10.6 Å². The van der Waals surface area contributed by atoms with Crippen LogP contribution in [0.25, 0.3) is 22.8 Å². The molecule has 0 radical (unpaired) electrons. The van der Waals surface area contributed by atoms with Gasteiger partial charge in [-0.05, 0) is 30.5 Å². The Morgan fingerprint density at radius 2 is 1.97 bits per heavy atom. The molecule has 4 rings (SSSR count). The third-order valence-corrected chi connectivity index (χ3v) is 5.26. The van der Waals surface area contributed by atoms with Crippen molar-refractivity contribution in [2.24, 2.45) is 0 Å². The third kappa shape index (κ3) is 5.26. The highest BCUT2D eigenvalue weighted by molar-refractivity contribution is 7.14. The van der Waals surface area contributed by atoms with Gasteiger partial charge in [0, 0.05) is 30.5 Å². The third-order valence-electron chi connectivity index (χ3n) is 4.50. The van der Waals surface area contributed by atoms with E-state index in [1.54, 1.807) is 12.1 Å². The summed E-state index contributed by atoms with van der Waals surface area (Å²) in [5.41, 5.74) is 3.08. The molecule has 0 aliphatic rings. The summed E-state index contributed by atoms with van der Waals surface area (Å²) in [7, 11) is 0. The number of benzene rings is 1. The molecule has 2 amide bonds. The second-order valence-electron chi connectivity index (χ2n) is 6.83. The average molecular weight is 436 g/mol. The Hall–Kier alpha value is -3.72. The molecular weight excluding hydrogens is 416 g/mol. The molecular formula is C22H20N4O4S. The van der Waals surface area contributed by atoms with Crippen LogP contribution in [0.4, 0.5) is 5.13 Å². The normalized spacial score (nSPS) is 10.7. The molecule has 0 atom stereocenters. The minimum atomic E-state index is -0.406. The van der Waals surface area contributed by atoms with Gasteiger partial charge in [-0.3, -0.25) is 14.9 Å². The number of aryl methyl sites for hydroxylation is 1. The highest BCUT2D eigenvalue weighted by atomic mass is 32.1. The van der Waals surface area contributed by atoms with Crippen molar-refractivity contribution >= 4 is 28.3 Å². The van der Waals surface area contributed by atoms with Crippen LogP contribution in [0.5, 0.6) is 0 Å². The highest BCUT2D eigenvalue weighted by Gasteiger charge is 2.16. The summed E-state index contributed by atoms with van der Waals surface area (Å²) < 4.78 is 10.4. The smallest absolute Gasteiger partial charge is 0.279 e. The van der Waals surface area contributed by atoms with Crippen molar-refractivity contribution in [3.05, 3.63) is 65.4 Å². The van der Waals surface area contributed by atoms with Crippen LogP contribution >= 0.6 is 11.3 Å². The number of nitrogens with one attached hydrogen (secondary N) is 2. The van der Waals surface area contributed by atoms with Gasteiger partial charge in [-0.25, -0.2) is 4.98 Å².